The first-order chi connectivity index (χ1) is 13.9. The van der Waals surface area contributed by atoms with Gasteiger partial charge in [-0.15, -0.1) is 0 Å². The van der Waals surface area contributed by atoms with E-state index in [4.69, 9.17) is 14.2 Å². The van der Waals surface area contributed by atoms with Crippen molar-refractivity contribution in [2.24, 2.45) is 0 Å². The molecule has 1 amide bonds. The quantitative estimate of drug-likeness (QED) is 0.540. The van der Waals surface area contributed by atoms with Crippen molar-refractivity contribution in [1.29, 1.82) is 0 Å². The molecule has 0 saturated carbocycles. The van der Waals surface area contributed by atoms with E-state index >= 15 is 0 Å². The summed E-state index contributed by atoms with van der Waals surface area (Å²) in [6.07, 6.45) is 1.67. The van der Waals surface area contributed by atoms with Crippen LogP contribution in [0.3, 0.4) is 0 Å². The van der Waals surface area contributed by atoms with Gasteiger partial charge in [-0.25, -0.2) is 13.1 Å². The van der Waals surface area contributed by atoms with Crippen molar-refractivity contribution in [3.8, 4) is 17.2 Å². The molecule has 0 aliphatic carbocycles. The number of ether oxygens (including phenoxy) is 3. The van der Waals surface area contributed by atoms with Crippen molar-refractivity contribution < 1.29 is 27.4 Å². The van der Waals surface area contributed by atoms with Crippen LogP contribution in [0.1, 0.15) is 19.8 Å². The average Bonchev–Trinajstić information content (AvgIpc) is 2.72. The Labute approximate surface area is 171 Å². The number of unbranched alkanes of at least 4 members (excludes halogenated alkanes) is 1. The number of amides is 1. The Hall–Kier alpha value is -2.78. The molecule has 0 atom stereocenters. The van der Waals surface area contributed by atoms with Gasteiger partial charge in [0.2, 0.25) is 10.0 Å². The van der Waals surface area contributed by atoms with Crippen molar-refractivity contribution in [3.63, 3.8) is 0 Å². The maximum Gasteiger partial charge on any atom is 0.262 e. The van der Waals surface area contributed by atoms with Gasteiger partial charge in [0.25, 0.3) is 5.91 Å². The number of carbonyl (C=O) groups is 1. The Morgan fingerprint density at radius 1 is 1.00 bits per heavy atom. The fourth-order valence-electron chi connectivity index (χ4n) is 2.43. The Balaban J connectivity index is 1.94. The van der Waals surface area contributed by atoms with Crippen LogP contribution >= 0.6 is 0 Å². The first kappa shape index (κ1) is 22.5. The van der Waals surface area contributed by atoms with E-state index in [1.165, 1.54) is 38.5 Å². The predicted octanol–water partition coefficient (Wildman–Crippen LogP) is 2.80. The minimum Gasteiger partial charge on any atom is -0.497 e. The summed E-state index contributed by atoms with van der Waals surface area (Å²) in [7, 11) is -0.518. The standard InChI is InChI=1S/C20H26N2O6S/c1-4-5-12-21-29(24,25)17-9-6-15(7-10-17)28-14-20(23)22-18-13-16(26-2)8-11-19(18)27-3/h6-11,13,21H,4-5,12,14H2,1-3H3,(H,22,23). The van der Waals surface area contributed by atoms with Gasteiger partial charge in [-0.2, -0.15) is 0 Å². The number of methoxy groups -OCH3 is 2. The van der Waals surface area contributed by atoms with Crippen LogP contribution in [0.25, 0.3) is 0 Å². The zero-order chi connectivity index (χ0) is 21.3. The zero-order valence-electron chi connectivity index (χ0n) is 16.7. The molecule has 0 unspecified atom stereocenters. The Morgan fingerprint density at radius 3 is 2.31 bits per heavy atom. The lowest BCUT2D eigenvalue weighted by Gasteiger charge is -2.12. The second-order valence-electron chi connectivity index (χ2n) is 6.13. The highest BCUT2D eigenvalue weighted by Crippen LogP contribution is 2.28. The number of rotatable bonds is 11. The van der Waals surface area contributed by atoms with Crippen molar-refractivity contribution in [2.75, 3.05) is 32.7 Å². The number of anilines is 1. The lowest BCUT2D eigenvalue weighted by molar-refractivity contribution is -0.118. The number of carbonyl (C=O) groups excluding carboxylic acids is 1. The van der Waals surface area contributed by atoms with Gasteiger partial charge in [-0.05, 0) is 42.8 Å². The van der Waals surface area contributed by atoms with Crippen LogP contribution in [0.5, 0.6) is 17.2 Å². The SMILES string of the molecule is CCCCNS(=O)(=O)c1ccc(OCC(=O)Nc2cc(OC)ccc2OC)cc1. The summed E-state index contributed by atoms with van der Waals surface area (Å²) in [6.45, 7) is 2.13. The van der Waals surface area contributed by atoms with Crippen molar-refractivity contribution >= 4 is 21.6 Å². The highest BCUT2D eigenvalue weighted by molar-refractivity contribution is 7.89. The molecule has 2 N–H and O–H groups in total. The van der Waals surface area contributed by atoms with Gasteiger partial charge in [-0.1, -0.05) is 13.3 Å². The summed E-state index contributed by atoms with van der Waals surface area (Å²) < 4.78 is 42.7. The summed E-state index contributed by atoms with van der Waals surface area (Å²) in [5.41, 5.74) is 0.458. The van der Waals surface area contributed by atoms with E-state index < -0.39 is 15.9 Å². The molecule has 0 bridgehead atoms. The van der Waals surface area contributed by atoms with E-state index in [9.17, 15) is 13.2 Å². The lowest BCUT2D eigenvalue weighted by atomic mass is 10.2. The molecule has 9 heteroatoms. The van der Waals surface area contributed by atoms with Gasteiger partial charge in [0.1, 0.15) is 17.2 Å². The first-order valence-electron chi connectivity index (χ1n) is 9.14. The third-order valence-corrected chi connectivity index (χ3v) is 5.48. The van der Waals surface area contributed by atoms with Crippen LogP contribution in [-0.4, -0.2) is 41.7 Å². The topological polar surface area (TPSA) is 103 Å². The maximum atomic E-state index is 12.2. The average molecular weight is 423 g/mol. The molecule has 0 radical (unpaired) electrons. The van der Waals surface area contributed by atoms with Crippen molar-refractivity contribution in [1.82, 2.24) is 4.72 Å². The highest BCUT2D eigenvalue weighted by Gasteiger charge is 2.14. The van der Waals surface area contributed by atoms with E-state index in [1.54, 1.807) is 18.2 Å². The predicted molar refractivity (Wildman–Crippen MR) is 110 cm³/mol. The Bertz CT molecular complexity index is 913. The molecule has 29 heavy (non-hydrogen) atoms. The van der Waals surface area contributed by atoms with Crippen LogP contribution in [-0.2, 0) is 14.8 Å². The number of nitrogens with one attached hydrogen (secondary N) is 2. The van der Waals surface area contributed by atoms with Crippen molar-refractivity contribution in [3.05, 3.63) is 42.5 Å². The fourth-order valence-corrected chi connectivity index (χ4v) is 3.50. The molecule has 0 fully saturated rings. The second-order valence-corrected chi connectivity index (χ2v) is 7.89. The molecule has 2 aromatic carbocycles. The second kappa shape index (κ2) is 10.7. The minimum absolute atomic E-state index is 0.145. The van der Waals surface area contributed by atoms with E-state index in [0.717, 1.165) is 12.8 Å². The van der Waals surface area contributed by atoms with Crippen LogP contribution in [0.2, 0.25) is 0 Å². The minimum atomic E-state index is -3.55. The third-order valence-electron chi connectivity index (χ3n) is 4.01. The molecular weight excluding hydrogens is 396 g/mol. The number of hydrogen-bond donors (Lipinski definition) is 2. The van der Waals surface area contributed by atoms with E-state index in [2.05, 4.69) is 10.0 Å². The van der Waals surface area contributed by atoms with Gasteiger partial charge in [0.05, 0.1) is 24.8 Å². The number of benzene rings is 2. The molecule has 0 aromatic heterocycles. The zero-order valence-corrected chi connectivity index (χ0v) is 17.5. The van der Waals surface area contributed by atoms with E-state index in [0.29, 0.717) is 29.5 Å². The molecule has 0 aliphatic heterocycles. The van der Waals surface area contributed by atoms with Crippen LogP contribution in [0.4, 0.5) is 5.69 Å². The highest BCUT2D eigenvalue weighted by atomic mass is 32.2. The number of hydrogen-bond acceptors (Lipinski definition) is 6. The summed E-state index contributed by atoms with van der Waals surface area (Å²) >= 11 is 0. The molecule has 2 aromatic rings. The van der Waals surface area contributed by atoms with Gasteiger partial charge in [0, 0.05) is 12.6 Å². The molecule has 0 aliphatic rings. The monoisotopic (exact) mass is 422 g/mol. The Kier molecular flexibility index (Phi) is 8.29. The van der Waals surface area contributed by atoms with E-state index in [-0.39, 0.29) is 11.5 Å². The lowest BCUT2D eigenvalue weighted by Crippen LogP contribution is -2.24. The van der Waals surface area contributed by atoms with Crippen molar-refractivity contribution in [2.45, 2.75) is 24.7 Å². The van der Waals surface area contributed by atoms with Gasteiger partial charge in [0.15, 0.2) is 6.61 Å². The van der Waals surface area contributed by atoms with Crippen LogP contribution in [0, 0.1) is 0 Å². The molecule has 2 rings (SSSR count). The molecule has 8 nitrogen and oxygen atoms in total. The molecule has 0 heterocycles. The van der Waals surface area contributed by atoms with Crippen LogP contribution in [0.15, 0.2) is 47.4 Å². The molecule has 0 spiro atoms. The summed E-state index contributed by atoms with van der Waals surface area (Å²) in [5.74, 6) is 1.05. The largest absolute Gasteiger partial charge is 0.497 e. The summed E-state index contributed by atoms with van der Waals surface area (Å²) in [5, 5.41) is 2.70. The molecular formula is C20H26N2O6S. The Morgan fingerprint density at radius 2 is 1.69 bits per heavy atom. The van der Waals surface area contributed by atoms with Gasteiger partial charge >= 0.3 is 0 Å². The van der Waals surface area contributed by atoms with Crippen LogP contribution < -0.4 is 24.2 Å². The third kappa shape index (κ3) is 6.65. The molecule has 158 valence electrons. The summed E-state index contributed by atoms with van der Waals surface area (Å²) in [6, 6.07) is 10.9. The maximum absolute atomic E-state index is 12.2. The van der Waals surface area contributed by atoms with Gasteiger partial charge in [-0.3, -0.25) is 4.79 Å². The first-order valence-corrected chi connectivity index (χ1v) is 10.6. The van der Waals surface area contributed by atoms with E-state index in [1.807, 2.05) is 6.92 Å². The smallest absolute Gasteiger partial charge is 0.262 e. The fraction of sp³-hybridized carbons (Fsp3) is 0.350. The van der Waals surface area contributed by atoms with Gasteiger partial charge < -0.3 is 19.5 Å². The summed E-state index contributed by atoms with van der Waals surface area (Å²) in [4.78, 5) is 12.3. The normalized spacial score (nSPS) is 11.0. The number of sulfonamides is 1. The molecule has 0 saturated heterocycles.